The van der Waals surface area contributed by atoms with Crippen LogP contribution < -0.4 is 16.2 Å². The third kappa shape index (κ3) is 3.21. The van der Waals surface area contributed by atoms with Crippen molar-refractivity contribution in [3.05, 3.63) is 77.4 Å². The van der Waals surface area contributed by atoms with E-state index in [0.29, 0.717) is 6.42 Å². The van der Waals surface area contributed by atoms with Gasteiger partial charge in [0, 0.05) is 11.7 Å². The molecule has 3 aromatic carbocycles. The topological polar surface area (TPSA) is 53.2 Å². The first-order chi connectivity index (χ1) is 12.6. The summed E-state index contributed by atoms with van der Waals surface area (Å²) in [4.78, 5) is 12.7. The molecule has 4 nitrogen and oxygen atoms in total. The van der Waals surface area contributed by atoms with E-state index in [2.05, 4.69) is 58.6 Å². The molecule has 4 rings (SSSR count). The van der Waals surface area contributed by atoms with Gasteiger partial charge in [0.15, 0.2) is 0 Å². The van der Waals surface area contributed by atoms with E-state index >= 15 is 0 Å². The molecule has 1 saturated heterocycles. The van der Waals surface area contributed by atoms with Crippen LogP contribution >= 0.6 is 0 Å². The number of hydrogen-bond donors (Lipinski definition) is 3. The number of carbonyl (C=O) groups excluding carboxylic acids is 1. The number of benzene rings is 3. The summed E-state index contributed by atoms with van der Waals surface area (Å²) in [6.07, 6.45) is 0.713. The number of fused-ring (bicyclic) bond motifs is 1. The van der Waals surface area contributed by atoms with E-state index in [1.165, 1.54) is 16.3 Å². The lowest BCUT2D eigenvalue weighted by Crippen LogP contribution is -2.39. The molecule has 0 saturated carbocycles. The van der Waals surface area contributed by atoms with Crippen LogP contribution in [0.3, 0.4) is 0 Å². The quantitative estimate of drug-likeness (QED) is 0.672. The zero-order valence-corrected chi connectivity index (χ0v) is 15.0. The van der Waals surface area contributed by atoms with Gasteiger partial charge in [0.05, 0.1) is 0 Å². The smallest absolute Gasteiger partial charge is 0.242 e. The maximum atomic E-state index is 12.7. The molecule has 0 radical (unpaired) electrons. The Labute approximate surface area is 153 Å². The van der Waals surface area contributed by atoms with Crippen LogP contribution in [0.4, 0.5) is 5.69 Å². The Bertz CT molecular complexity index is 961. The first-order valence-corrected chi connectivity index (χ1v) is 8.98. The molecule has 1 aliphatic heterocycles. The SMILES string of the molecule is Cc1ccc(C)c(NC(=O)C2CC(c3cccc4ccccc34)NN2)c1. The highest BCUT2D eigenvalue weighted by atomic mass is 16.2. The minimum atomic E-state index is -0.265. The first kappa shape index (κ1) is 16.8. The number of hydrogen-bond acceptors (Lipinski definition) is 3. The van der Waals surface area contributed by atoms with Crippen LogP contribution in [0, 0.1) is 13.8 Å². The highest BCUT2D eigenvalue weighted by Gasteiger charge is 2.31. The van der Waals surface area contributed by atoms with Gasteiger partial charge in [-0.1, -0.05) is 54.6 Å². The van der Waals surface area contributed by atoms with Crippen molar-refractivity contribution in [1.82, 2.24) is 10.9 Å². The third-order valence-corrected chi connectivity index (χ3v) is 5.07. The third-order valence-electron chi connectivity index (χ3n) is 5.07. The summed E-state index contributed by atoms with van der Waals surface area (Å²) in [5.41, 5.74) is 10.8. The number of hydrazine groups is 1. The molecule has 0 aromatic heterocycles. The Hall–Kier alpha value is -2.69. The second-order valence-corrected chi connectivity index (χ2v) is 7.01. The summed E-state index contributed by atoms with van der Waals surface area (Å²) < 4.78 is 0. The van der Waals surface area contributed by atoms with Crippen LogP contribution in [0.2, 0.25) is 0 Å². The van der Waals surface area contributed by atoms with Gasteiger partial charge in [0.1, 0.15) is 6.04 Å². The molecular weight excluding hydrogens is 322 g/mol. The van der Waals surface area contributed by atoms with E-state index in [4.69, 9.17) is 0 Å². The van der Waals surface area contributed by atoms with Gasteiger partial charge < -0.3 is 5.32 Å². The first-order valence-electron chi connectivity index (χ1n) is 8.98. The summed E-state index contributed by atoms with van der Waals surface area (Å²) in [5, 5.41) is 5.51. The zero-order valence-electron chi connectivity index (χ0n) is 15.0. The minimum absolute atomic E-state index is 0.00561. The maximum Gasteiger partial charge on any atom is 0.242 e. The number of aryl methyl sites for hydroxylation is 2. The second-order valence-electron chi connectivity index (χ2n) is 7.01. The molecule has 0 spiro atoms. The summed E-state index contributed by atoms with van der Waals surface area (Å²) in [6.45, 7) is 4.04. The molecule has 1 fully saturated rings. The molecule has 0 bridgehead atoms. The average Bonchev–Trinajstić information content (AvgIpc) is 3.14. The Morgan fingerprint density at radius 3 is 2.69 bits per heavy atom. The largest absolute Gasteiger partial charge is 0.324 e. The Morgan fingerprint density at radius 2 is 1.81 bits per heavy atom. The van der Waals surface area contributed by atoms with Crippen molar-refractivity contribution in [3.8, 4) is 0 Å². The lowest BCUT2D eigenvalue weighted by molar-refractivity contribution is -0.117. The highest BCUT2D eigenvalue weighted by molar-refractivity contribution is 5.96. The summed E-state index contributed by atoms with van der Waals surface area (Å²) >= 11 is 0. The molecule has 1 heterocycles. The maximum absolute atomic E-state index is 12.7. The molecule has 1 amide bonds. The number of carbonyl (C=O) groups is 1. The van der Waals surface area contributed by atoms with Gasteiger partial charge in [-0.3, -0.25) is 4.79 Å². The predicted molar refractivity (Wildman–Crippen MR) is 106 cm³/mol. The van der Waals surface area contributed by atoms with E-state index in [9.17, 15) is 4.79 Å². The molecule has 4 heteroatoms. The molecule has 1 aliphatic rings. The van der Waals surface area contributed by atoms with E-state index in [0.717, 1.165) is 16.8 Å². The molecule has 3 N–H and O–H groups in total. The molecule has 26 heavy (non-hydrogen) atoms. The van der Waals surface area contributed by atoms with Crippen LogP contribution in [0.1, 0.15) is 29.2 Å². The minimum Gasteiger partial charge on any atom is -0.324 e. The van der Waals surface area contributed by atoms with E-state index in [1.54, 1.807) is 0 Å². The number of anilines is 1. The fourth-order valence-corrected chi connectivity index (χ4v) is 3.58. The Kier molecular flexibility index (Phi) is 4.45. The van der Waals surface area contributed by atoms with Crippen molar-refractivity contribution in [1.29, 1.82) is 0 Å². The van der Waals surface area contributed by atoms with E-state index < -0.39 is 0 Å². The summed E-state index contributed by atoms with van der Waals surface area (Å²) in [6, 6.07) is 20.6. The molecule has 3 aromatic rings. The van der Waals surface area contributed by atoms with Gasteiger partial charge in [-0.25, -0.2) is 10.9 Å². The standard InChI is InChI=1S/C22H23N3O/c1-14-10-11-15(2)19(12-14)23-22(26)21-13-20(24-25-21)18-9-5-7-16-6-3-4-8-17(16)18/h3-12,20-21,24-25H,13H2,1-2H3,(H,23,26). The van der Waals surface area contributed by atoms with Crippen molar-refractivity contribution >= 4 is 22.4 Å². The molecule has 0 aliphatic carbocycles. The van der Waals surface area contributed by atoms with Crippen LogP contribution in [0.25, 0.3) is 10.8 Å². The average molecular weight is 345 g/mol. The van der Waals surface area contributed by atoms with Crippen molar-refractivity contribution < 1.29 is 4.79 Å². The van der Waals surface area contributed by atoms with E-state index in [-0.39, 0.29) is 18.0 Å². The fourth-order valence-electron chi connectivity index (χ4n) is 3.58. The van der Waals surface area contributed by atoms with Crippen LogP contribution in [0.5, 0.6) is 0 Å². The predicted octanol–water partition coefficient (Wildman–Crippen LogP) is 4.00. The summed E-state index contributed by atoms with van der Waals surface area (Å²) in [5.74, 6) is -0.00561. The monoisotopic (exact) mass is 345 g/mol. The molecule has 2 unspecified atom stereocenters. The van der Waals surface area contributed by atoms with Gasteiger partial charge in [0.25, 0.3) is 0 Å². The normalized spacial score (nSPS) is 19.6. The number of nitrogens with one attached hydrogen (secondary N) is 3. The van der Waals surface area contributed by atoms with Crippen LogP contribution in [-0.2, 0) is 4.79 Å². The lowest BCUT2D eigenvalue weighted by atomic mass is 9.96. The van der Waals surface area contributed by atoms with Gasteiger partial charge >= 0.3 is 0 Å². The van der Waals surface area contributed by atoms with Crippen molar-refractivity contribution in [2.45, 2.75) is 32.4 Å². The Balaban J connectivity index is 1.51. The van der Waals surface area contributed by atoms with Gasteiger partial charge in [0.2, 0.25) is 5.91 Å². The van der Waals surface area contributed by atoms with Gasteiger partial charge in [-0.05, 0) is 53.8 Å². The molecule has 2 atom stereocenters. The Morgan fingerprint density at radius 1 is 1.00 bits per heavy atom. The summed E-state index contributed by atoms with van der Waals surface area (Å²) in [7, 11) is 0. The zero-order chi connectivity index (χ0) is 18.1. The fraction of sp³-hybridized carbons (Fsp3) is 0.227. The number of rotatable bonds is 3. The highest BCUT2D eigenvalue weighted by Crippen LogP contribution is 2.29. The second kappa shape index (κ2) is 6.90. The number of amides is 1. The van der Waals surface area contributed by atoms with Crippen LogP contribution in [0.15, 0.2) is 60.7 Å². The van der Waals surface area contributed by atoms with E-state index in [1.807, 2.05) is 32.0 Å². The van der Waals surface area contributed by atoms with Gasteiger partial charge in [-0.2, -0.15) is 0 Å². The van der Waals surface area contributed by atoms with Crippen molar-refractivity contribution in [3.63, 3.8) is 0 Å². The molecule has 132 valence electrons. The van der Waals surface area contributed by atoms with Crippen LogP contribution in [-0.4, -0.2) is 11.9 Å². The van der Waals surface area contributed by atoms with Gasteiger partial charge in [-0.15, -0.1) is 0 Å². The lowest BCUT2D eigenvalue weighted by Gasteiger charge is -2.14. The molecular formula is C22H23N3O. The van der Waals surface area contributed by atoms with Crippen molar-refractivity contribution in [2.75, 3.05) is 5.32 Å². The van der Waals surface area contributed by atoms with Crippen molar-refractivity contribution in [2.24, 2.45) is 0 Å².